The highest BCUT2D eigenvalue weighted by Crippen LogP contribution is 2.35. The van der Waals surface area contributed by atoms with Crippen LogP contribution < -0.4 is 10.9 Å². The minimum atomic E-state index is -0.589. The molecule has 0 aliphatic heterocycles. The summed E-state index contributed by atoms with van der Waals surface area (Å²) in [6.07, 6.45) is 3.04. The summed E-state index contributed by atoms with van der Waals surface area (Å²) in [5.74, 6) is 0.0678. The first kappa shape index (κ1) is 19.2. The molecule has 2 heterocycles. The molecule has 0 amide bonds. The Kier molecular flexibility index (Phi) is 5.05. The van der Waals surface area contributed by atoms with Crippen LogP contribution >= 0.6 is 11.3 Å². The van der Waals surface area contributed by atoms with Crippen molar-refractivity contribution >= 4 is 21.6 Å². The highest BCUT2D eigenvalue weighted by Gasteiger charge is 2.25. The Hall–Kier alpha value is -2.12. The molecule has 4 rings (SSSR count). The molecule has 0 fully saturated rings. The summed E-state index contributed by atoms with van der Waals surface area (Å²) >= 11 is 1.62. The molecule has 0 saturated carbocycles. The van der Waals surface area contributed by atoms with E-state index in [1.165, 1.54) is 17.0 Å². The maximum absolute atomic E-state index is 14.1. The van der Waals surface area contributed by atoms with Gasteiger partial charge >= 0.3 is 0 Å². The Balaban J connectivity index is 1.62. The molecule has 0 saturated heterocycles. The molecule has 4 nitrogen and oxygen atoms in total. The lowest BCUT2D eigenvalue weighted by molar-refractivity contribution is -0.729. The van der Waals surface area contributed by atoms with Crippen LogP contribution in [0.15, 0.2) is 23.0 Å². The lowest BCUT2D eigenvalue weighted by atomic mass is 9.89. The number of aryl methyl sites for hydroxylation is 1. The van der Waals surface area contributed by atoms with Crippen LogP contribution in [0.5, 0.6) is 0 Å². The van der Waals surface area contributed by atoms with Crippen LogP contribution in [0.25, 0.3) is 10.2 Å². The zero-order chi connectivity index (χ0) is 20.0. The number of thiophene rings is 1. The van der Waals surface area contributed by atoms with Gasteiger partial charge in [0.1, 0.15) is 28.5 Å². The first-order valence-electron chi connectivity index (χ1n) is 9.68. The molecule has 7 heteroatoms. The Morgan fingerprint density at radius 1 is 1.29 bits per heavy atom. The third-order valence-electron chi connectivity index (χ3n) is 5.65. The number of aromatic amines is 1. The van der Waals surface area contributed by atoms with E-state index in [2.05, 4.69) is 11.9 Å². The van der Waals surface area contributed by atoms with Gasteiger partial charge in [-0.3, -0.25) is 4.79 Å². The average molecular weight is 405 g/mol. The van der Waals surface area contributed by atoms with Gasteiger partial charge in [-0.15, -0.1) is 11.3 Å². The monoisotopic (exact) mass is 404 g/mol. The van der Waals surface area contributed by atoms with E-state index in [0.717, 1.165) is 41.1 Å². The second-order valence-electron chi connectivity index (χ2n) is 7.92. The van der Waals surface area contributed by atoms with Gasteiger partial charge in [0, 0.05) is 16.5 Å². The fourth-order valence-corrected chi connectivity index (χ4v) is 5.47. The molecule has 0 unspecified atom stereocenters. The van der Waals surface area contributed by atoms with Gasteiger partial charge in [0.15, 0.2) is 5.82 Å². The summed E-state index contributed by atoms with van der Waals surface area (Å²) in [6, 6.07) is 3.21. The average Bonchev–Trinajstić information content (AvgIpc) is 2.99. The van der Waals surface area contributed by atoms with E-state index in [4.69, 9.17) is 4.98 Å². The van der Waals surface area contributed by atoms with Gasteiger partial charge in [0.25, 0.3) is 5.56 Å². The fourth-order valence-electron chi connectivity index (χ4n) is 4.08. The Morgan fingerprint density at radius 2 is 2.07 bits per heavy atom. The third-order valence-corrected chi connectivity index (χ3v) is 6.79. The molecule has 0 spiro atoms. The molecular weight excluding hydrogens is 380 g/mol. The second-order valence-corrected chi connectivity index (χ2v) is 9.00. The predicted octanol–water partition coefficient (Wildman–Crippen LogP) is 3.77. The fraction of sp³-hybridized carbons (Fsp3) is 0.429. The van der Waals surface area contributed by atoms with Gasteiger partial charge in [-0.2, -0.15) is 0 Å². The van der Waals surface area contributed by atoms with E-state index in [-0.39, 0.29) is 17.6 Å². The maximum Gasteiger partial charge on any atom is 0.260 e. The molecule has 1 aromatic carbocycles. The first-order valence-corrected chi connectivity index (χ1v) is 10.5. The minimum absolute atomic E-state index is 0.0899. The smallest absolute Gasteiger partial charge is 0.260 e. The molecule has 0 radical (unpaired) electrons. The number of benzene rings is 1. The van der Waals surface area contributed by atoms with E-state index in [0.29, 0.717) is 17.3 Å². The summed E-state index contributed by atoms with van der Waals surface area (Å²) in [6.45, 7) is 6.02. The molecule has 3 aromatic rings. The number of nitrogens with one attached hydrogen (secondary N) is 1. The molecule has 28 heavy (non-hydrogen) atoms. The van der Waals surface area contributed by atoms with Gasteiger partial charge in [-0.05, 0) is 56.7 Å². The largest absolute Gasteiger partial charge is 0.332 e. The van der Waals surface area contributed by atoms with Crippen molar-refractivity contribution in [3.05, 3.63) is 62.0 Å². The zero-order valence-corrected chi connectivity index (χ0v) is 17.0. The van der Waals surface area contributed by atoms with Crippen LogP contribution in [0.2, 0.25) is 0 Å². The van der Waals surface area contributed by atoms with E-state index in [9.17, 15) is 13.6 Å². The van der Waals surface area contributed by atoms with Crippen LogP contribution in [0, 0.1) is 17.6 Å². The lowest BCUT2D eigenvalue weighted by Crippen LogP contribution is -2.85. The van der Waals surface area contributed by atoms with Crippen molar-refractivity contribution in [2.75, 3.05) is 0 Å². The van der Waals surface area contributed by atoms with Crippen LogP contribution in [0.1, 0.15) is 61.1 Å². The Bertz CT molecular complexity index is 1090. The first-order chi connectivity index (χ1) is 13.3. The van der Waals surface area contributed by atoms with Gasteiger partial charge < -0.3 is 10.3 Å². The van der Waals surface area contributed by atoms with Crippen LogP contribution in [-0.4, -0.2) is 9.97 Å². The minimum Gasteiger partial charge on any atom is -0.332 e. The highest BCUT2D eigenvalue weighted by atomic mass is 32.1. The summed E-state index contributed by atoms with van der Waals surface area (Å²) in [5, 5.41) is 2.66. The Labute approximate surface area is 166 Å². The quantitative estimate of drug-likeness (QED) is 0.695. The summed E-state index contributed by atoms with van der Waals surface area (Å²) in [4.78, 5) is 22.5. The maximum atomic E-state index is 14.1. The summed E-state index contributed by atoms with van der Waals surface area (Å²) < 4.78 is 27.2. The molecule has 0 bridgehead atoms. The zero-order valence-electron chi connectivity index (χ0n) is 16.2. The molecule has 3 atom stereocenters. The van der Waals surface area contributed by atoms with Crippen molar-refractivity contribution < 1.29 is 14.1 Å². The third kappa shape index (κ3) is 3.49. The highest BCUT2D eigenvalue weighted by molar-refractivity contribution is 7.18. The molecule has 1 aliphatic rings. The predicted molar refractivity (Wildman–Crippen MR) is 107 cm³/mol. The van der Waals surface area contributed by atoms with Crippen LogP contribution in [0.4, 0.5) is 8.78 Å². The van der Waals surface area contributed by atoms with Gasteiger partial charge in [0.05, 0.1) is 5.39 Å². The van der Waals surface area contributed by atoms with E-state index in [1.807, 2.05) is 19.2 Å². The number of H-pyrrole nitrogens is 1. The molecular formula is C21H24F2N3OS+. The number of rotatable bonds is 4. The number of hydrogen-bond donors (Lipinski definition) is 2. The number of aromatic nitrogens is 2. The SMILES string of the molecule is C[C@H]1CCc2c(sc3nc([C@@H](C)[NH2+][C@@H](C)c4ccc(F)cc4F)[nH]c(=O)c23)C1. The second kappa shape index (κ2) is 7.37. The van der Waals surface area contributed by atoms with Crippen molar-refractivity contribution in [1.82, 2.24) is 9.97 Å². The molecule has 148 valence electrons. The Morgan fingerprint density at radius 3 is 2.82 bits per heavy atom. The van der Waals surface area contributed by atoms with Crippen molar-refractivity contribution in [3.63, 3.8) is 0 Å². The van der Waals surface area contributed by atoms with E-state index >= 15 is 0 Å². The van der Waals surface area contributed by atoms with E-state index < -0.39 is 11.6 Å². The molecule has 3 N–H and O–H groups in total. The summed E-state index contributed by atoms with van der Waals surface area (Å²) in [5.41, 5.74) is 1.50. The topological polar surface area (TPSA) is 62.4 Å². The van der Waals surface area contributed by atoms with Gasteiger partial charge in [0.2, 0.25) is 0 Å². The van der Waals surface area contributed by atoms with Gasteiger partial charge in [-0.25, -0.2) is 13.8 Å². The van der Waals surface area contributed by atoms with Crippen molar-refractivity contribution in [1.29, 1.82) is 0 Å². The van der Waals surface area contributed by atoms with E-state index in [1.54, 1.807) is 11.3 Å². The number of nitrogens with zero attached hydrogens (tertiary/aromatic N) is 1. The van der Waals surface area contributed by atoms with Crippen molar-refractivity contribution in [2.24, 2.45) is 5.92 Å². The summed E-state index contributed by atoms with van der Waals surface area (Å²) in [7, 11) is 0. The van der Waals surface area contributed by atoms with Gasteiger partial charge in [-0.1, -0.05) is 6.92 Å². The standard InChI is InChI=1S/C21H23F2N3OS/c1-10-4-6-15-17(8-10)28-21-18(15)20(27)25-19(26-21)12(3)24-11(2)14-7-5-13(22)9-16(14)23/h5,7,9-12,24H,4,6,8H2,1-3H3,(H,25,26,27)/p+1/t10-,11-,12+/m0/s1. The molecule has 1 aliphatic carbocycles. The lowest BCUT2D eigenvalue weighted by Gasteiger charge is -2.17. The number of fused-ring (bicyclic) bond motifs is 3. The number of halogens is 2. The number of hydrogen-bond acceptors (Lipinski definition) is 3. The van der Waals surface area contributed by atoms with Crippen molar-refractivity contribution in [2.45, 2.75) is 52.1 Å². The van der Waals surface area contributed by atoms with Crippen LogP contribution in [-0.2, 0) is 12.8 Å². The van der Waals surface area contributed by atoms with Crippen molar-refractivity contribution in [3.8, 4) is 0 Å². The number of quaternary nitrogens is 1. The van der Waals surface area contributed by atoms with Crippen LogP contribution in [0.3, 0.4) is 0 Å². The number of nitrogens with two attached hydrogens (primary N) is 1. The normalized spacial score (nSPS) is 18.8. The molecule has 2 aromatic heterocycles.